The highest BCUT2D eigenvalue weighted by Gasteiger charge is 2.53. The van der Waals surface area contributed by atoms with Gasteiger partial charge in [-0.15, -0.1) is 0 Å². The van der Waals surface area contributed by atoms with Gasteiger partial charge in [0.15, 0.2) is 6.61 Å². The van der Waals surface area contributed by atoms with Gasteiger partial charge in [0.2, 0.25) is 0 Å². The molecule has 162 valence electrons. The van der Waals surface area contributed by atoms with E-state index in [1.807, 2.05) is 6.07 Å². The van der Waals surface area contributed by atoms with E-state index in [0.717, 1.165) is 17.8 Å². The fraction of sp³-hybridized carbons (Fsp3) is 0.625. The van der Waals surface area contributed by atoms with Gasteiger partial charge in [-0.25, -0.2) is 4.79 Å². The summed E-state index contributed by atoms with van der Waals surface area (Å²) in [6.07, 6.45) is 7.73. The van der Waals surface area contributed by atoms with E-state index in [4.69, 9.17) is 4.74 Å². The molecule has 5 rings (SSSR count). The summed E-state index contributed by atoms with van der Waals surface area (Å²) in [6, 6.07) is 7.94. The molecule has 2 atom stereocenters. The third-order valence-electron chi connectivity index (χ3n) is 7.46. The van der Waals surface area contributed by atoms with E-state index >= 15 is 0 Å². The van der Waals surface area contributed by atoms with Crippen molar-refractivity contribution in [3.63, 3.8) is 0 Å². The third kappa shape index (κ3) is 4.37. The predicted octanol–water partition coefficient (Wildman–Crippen LogP) is 3.07. The molecule has 4 bridgehead atoms. The van der Waals surface area contributed by atoms with Crippen molar-refractivity contribution in [1.82, 2.24) is 10.6 Å². The van der Waals surface area contributed by atoms with Crippen LogP contribution in [0.2, 0.25) is 0 Å². The van der Waals surface area contributed by atoms with Crippen LogP contribution >= 0.6 is 0 Å². The quantitative estimate of drug-likeness (QED) is 0.674. The highest BCUT2D eigenvalue weighted by atomic mass is 16.5. The van der Waals surface area contributed by atoms with Crippen molar-refractivity contribution in [2.75, 3.05) is 6.61 Å². The molecule has 1 aromatic rings. The van der Waals surface area contributed by atoms with Crippen LogP contribution in [0, 0.1) is 23.2 Å². The number of nitrogens with one attached hydrogen (secondary N) is 2. The van der Waals surface area contributed by atoms with Crippen LogP contribution in [0.4, 0.5) is 0 Å². The van der Waals surface area contributed by atoms with Crippen molar-refractivity contribution in [3.05, 3.63) is 35.9 Å². The average Bonchev–Trinajstić information content (AvgIpc) is 2.71. The molecular formula is C24H32N2O4. The van der Waals surface area contributed by atoms with Crippen molar-refractivity contribution >= 4 is 17.8 Å². The molecule has 1 aromatic carbocycles. The highest BCUT2D eigenvalue weighted by molar-refractivity contribution is 5.96. The van der Waals surface area contributed by atoms with Crippen LogP contribution in [0.15, 0.2) is 30.3 Å². The largest absolute Gasteiger partial charge is 0.454 e. The van der Waals surface area contributed by atoms with E-state index in [1.165, 1.54) is 38.5 Å². The lowest BCUT2D eigenvalue weighted by molar-refractivity contribution is -0.150. The van der Waals surface area contributed by atoms with Crippen molar-refractivity contribution < 1.29 is 19.1 Å². The summed E-state index contributed by atoms with van der Waals surface area (Å²) in [4.78, 5) is 36.8. The number of hydrogen-bond acceptors (Lipinski definition) is 4. The smallest absolute Gasteiger partial charge is 0.328 e. The standard InChI is InChI=1S/C24H32N2O4/c1-15(25-22(28)20-6-4-3-5-7-20)23(29)30-14-21(27)26-16(2)24-11-17-8-18(12-24)10-19(9-17)13-24/h3-7,15-19H,8-14H2,1-2H3,(H,25,28)(H,26,27)/t15-,16-,17?,18?,19?,24?/m0/s1. The molecule has 4 fully saturated rings. The summed E-state index contributed by atoms with van der Waals surface area (Å²) in [7, 11) is 0. The van der Waals surface area contributed by atoms with E-state index in [-0.39, 0.29) is 29.9 Å². The Morgan fingerprint density at radius 1 is 0.967 bits per heavy atom. The van der Waals surface area contributed by atoms with Crippen LogP contribution in [0.1, 0.15) is 62.7 Å². The van der Waals surface area contributed by atoms with Gasteiger partial charge in [0, 0.05) is 11.6 Å². The van der Waals surface area contributed by atoms with Crippen LogP contribution in [-0.2, 0) is 14.3 Å². The number of ether oxygens (including phenoxy) is 1. The van der Waals surface area contributed by atoms with Crippen LogP contribution in [0.5, 0.6) is 0 Å². The zero-order valence-corrected chi connectivity index (χ0v) is 17.9. The zero-order valence-electron chi connectivity index (χ0n) is 17.9. The SMILES string of the molecule is C[C@H](NC(=O)c1ccccc1)C(=O)OCC(=O)N[C@@H](C)C12CC3CC(CC(C3)C1)C2. The van der Waals surface area contributed by atoms with Crippen molar-refractivity contribution in [1.29, 1.82) is 0 Å². The Labute approximate surface area is 178 Å². The zero-order chi connectivity index (χ0) is 21.3. The first kappa shape index (κ1) is 20.9. The maximum Gasteiger partial charge on any atom is 0.328 e. The van der Waals surface area contributed by atoms with E-state index in [9.17, 15) is 14.4 Å². The molecule has 0 heterocycles. The van der Waals surface area contributed by atoms with Gasteiger partial charge in [-0.2, -0.15) is 0 Å². The lowest BCUT2D eigenvalue weighted by atomic mass is 9.48. The molecule has 0 radical (unpaired) electrons. The molecular weight excluding hydrogens is 380 g/mol. The fourth-order valence-corrected chi connectivity index (χ4v) is 6.33. The third-order valence-corrected chi connectivity index (χ3v) is 7.46. The monoisotopic (exact) mass is 412 g/mol. The summed E-state index contributed by atoms with van der Waals surface area (Å²) < 4.78 is 5.16. The lowest BCUT2D eigenvalue weighted by Crippen LogP contribution is -2.56. The Morgan fingerprint density at radius 2 is 1.53 bits per heavy atom. The molecule has 0 aromatic heterocycles. The first-order valence-electron chi connectivity index (χ1n) is 11.2. The Balaban J connectivity index is 1.23. The van der Waals surface area contributed by atoms with E-state index in [2.05, 4.69) is 17.6 Å². The summed E-state index contributed by atoms with van der Waals surface area (Å²) in [5.41, 5.74) is 0.685. The van der Waals surface area contributed by atoms with Crippen LogP contribution in [-0.4, -0.2) is 36.5 Å². The minimum atomic E-state index is -0.828. The molecule has 4 saturated carbocycles. The van der Waals surface area contributed by atoms with E-state index < -0.39 is 12.0 Å². The maximum atomic E-state index is 12.4. The molecule has 4 aliphatic carbocycles. The molecule has 30 heavy (non-hydrogen) atoms. The molecule has 6 nitrogen and oxygen atoms in total. The van der Waals surface area contributed by atoms with Gasteiger partial charge in [0.1, 0.15) is 6.04 Å². The number of carbonyl (C=O) groups is 3. The van der Waals surface area contributed by atoms with Gasteiger partial charge in [0.25, 0.3) is 11.8 Å². The average molecular weight is 413 g/mol. The summed E-state index contributed by atoms with van der Waals surface area (Å²) in [6.45, 7) is 3.34. The van der Waals surface area contributed by atoms with Gasteiger partial charge < -0.3 is 15.4 Å². The van der Waals surface area contributed by atoms with Crippen LogP contribution in [0.3, 0.4) is 0 Å². The molecule has 2 amide bonds. The Hall–Kier alpha value is -2.37. The number of carbonyl (C=O) groups excluding carboxylic acids is 3. The van der Waals surface area contributed by atoms with Crippen LogP contribution in [0.25, 0.3) is 0 Å². The molecule has 0 aliphatic heterocycles. The minimum Gasteiger partial charge on any atom is -0.454 e. The Morgan fingerprint density at radius 3 is 2.10 bits per heavy atom. The van der Waals surface area contributed by atoms with Gasteiger partial charge >= 0.3 is 5.97 Å². The molecule has 0 saturated heterocycles. The second-order valence-electron chi connectivity index (χ2n) is 9.74. The summed E-state index contributed by atoms with van der Waals surface area (Å²) in [5.74, 6) is 1.23. The molecule has 6 heteroatoms. The number of benzene rings is 1. The Bertz CT molecular complexity index is 771. The predicted molar refractivity (Wildman–Crippen MR) is 113 cm³/mol. The highest BCUT2D eigenvalue weighted by Crippen LogP contribution is 2.61. The van der Waals surface area contributed by atoms with Crippen molar-refractivity contribution in [2.45, 2.75) is 64.5 Å². The molecule has 2 N–H and O–H groups in total. The molecule has 4 aliphatic rings. The number of rotatable bonds is 7. The van der Waals surface area contributed by atoms with Gasteiger partial charge in [-0.1, -0.05) is 18.2 Å². The van der Waals surface area contributed by atoms with E-state index in [1.54, 1.807) is 31.2 Å². The van der Waals surface area contributed by atoms with Crippen molar-refractivity contribution in [2.24, 2.45) is 23.2 Å². The minimum absolute atomic E-state index is 0.0901. The molecule has 0 spiro atoms. The lowest BCUT2D eigenvalue weighted by Gasteiger charge is -2.59. The first-order chi connectivity index (χ1) is 14.3. The number of hydrogen-bond donors (Lipinski definition) is 2. The topological polar surface area (TPSA) is 84.5 Å². The van der Waals surface area contributed by atoms with Gasteiger partial charge in [0.05, 0.1) is 0 Å². The first-order valence-corrected chi connectivity index (χ1v) is 11.2. The Kier molecular flexibility index (Phi) is 5.85. The number of amides is 2. The summed E-state index contributed by atoms with van der Waals surface area (Å²) in [5, 5.41) is 5.70. The normalized spacial score (nSPS) is 30.9. The van der Waals surface area contributed by atoms with Crippen molar-refractivity contribution in [3.8, 4) is 0 Å². The molecule has 0 unspecified atom stereocenters. The fourth-order valence-electron chi connectivity index (χ4n) is 6.33. The number of esters is 1. The second-order valence-corrected chi connectivity index (χ2v) is 9.74. The summed E-state index contributed by atoms with van der Waals surface area (Å²) >= 11 is 0. The van der Waals surface area contributed by atoms with Gasteiger partial charge in [-0.05, 0) is 87.7 Å². The van der Waals surface area contributed by atoms with Gasteiger partial charge in [-0.3, -0.25) is 9.59 Å². The maximum absolute atomic E-state index is 12.4. The second kappa shape index (κ2) is 8.40. The van der Waals surface area contributed by atoms with Crippen LogP contribution < -0.4 is 10.6 Å². The van der Waals surface area contributed by atoms with E-state index in [0.29, 0.717) is 5.56 Å².